The molecule has 1 N–H and O–H groups in total. The molecule has 1 aliphatic rings. The quantitative estimate of drug-likeness (QED) is 0.847. The number of sulfonamides is 1. The first kappa shape index (κ1) is 20.1. The summed E-state index contributed by atoms with van der Waals surface area (Å²) in [6.45, 7) is 5.38. The van der Waals surface area contributed by atoms with Crippen molar-refractivity contribution in [2.75, 3.05) is 13.1 Å². The Labute approximate surface area is 148 Å². The lowest BCUT2D eigenvalue weighted by Crippen LogP contribution is -2.49. The third-order valence-electron chi connectivity index (χ3n) is 3.79. The molecule has 1 aromatic rings. The zero-order valence-corrected chi connectivity index (χ0v) is 15.7. The highest BCUT2D eigenvalue weighted by molar-refractivity contribution is 7.90. The van der Waals surface area contributed by atoms with Crippen LogP contribution in [0.4, 0.5) is 13.2 Å². The Balaban J connectivity index is 1.94. The zero-order chi connectivity index (χ0) is 19.0. The van der Waals surface area contributed by atoms with Gasteiger partial charge in [-0.3, -0.25) is 4.79 Å². The van der Waals surface area contributed by atoms with Crippen molar-refractivity contribution in [3.8, 4) is 0 Å². The van der Waals surface area contributed by atoms with Gasteiger partial charge in [0.15, 0.2) is 0 Å². The lowest BCUT2D eigenvalue weighted by molar-refractivity contribution is -0.0495. The molecule has 0 aromatic carbocycles. The van der Waals surface area contributed by atoms with Crippen molar-refractivity contribution in [1.29, 1.82) is 0 Å². The van der Waals surface area contributed by atoms with Gasteiger partial charge in [0.2, 0.25) is 0 Å². The maximum Gasteiger partial charge on any atom is 0.511 e. The molecule has 25 heavy (non-hydrogen) atoms. The van der Waals surface area contributed by atoms with E-state index in [2.05, 4.69) is 10.3 Å². The topological polar surface area (TPSA) is 79.4 Å². The van der Waals surface area contributed by atoms with Gasteiger partial charge in [0.05, 0.1) is 11.2 Å². The SMILES string of the molecule is CC(C)(C)c1ncc(C(=O)NC2CCN(S(=O)(=O)C(F)(F)F)CC2)s1. The summed E-state index contributed by atoms with van der Waals surface area (Å²) in [5.41, 5.74) is -5.48. The van der Waals surface area contributed by atoms with E-state index in [0.717, 1.165) is 5.01 Å². The summed E-state index contributed by atoms with van der Waals surface area (Å²) in [6.07, 6.45) is 1.74. The van der Waals surface area contributed by atoms with Crippen LogP contribution in [0, 0.1) is 0 Å². The highest BCUT2D eigenvalue weighted by Crippen LogP contribution is 2.29. The second kappa shape index (κ2) is 6.84. The molecule has 0 bridgehead atoms. The van der Waals surface area contributed by atoms with E-state index >= 15 is 0 Å². The molecule has 6 nitrogen and oxygen atoms in total. The van der Waals surface area contributed by atoms with E-state index in [9.17, 15) is 26.4 Å². The van der Waals surface area contributed by atoms with Crippen molar-refractivity contribution < 1.29 is 26.4 Å². The number of hydrogen-bond acceptors (Lipinski definition) is 5. The summed E-state index contributed by atoms with van der Waals surface area (Å²) in [5.74, 6) is -0.342. The molecule has 142 valence electrons. The monoisotopic (exact) mass is 399 g/mol. The third-order valence-corrected chi connectivity index (χ3v) is 6.84. The Bertz CT molecular complexity index is 730. The Morgan fingerprint density at radius 2 is 1.84 bits per heavy atom. The maximum absolute atomic E-state index is 12.5. The second-order valence-electron chi connectivity index (χ2n) is 6.88. The number of nitrogens with zero attached hydrogens (tertiary/aromatic N) is 2. The molecule has 0 saturated carbocycles. The van der Waals surface area contributed by atoms with Crippen LogP contribution in [0.2, 0.25) is 0 Å². The van der Waals surface area contributed by atoms with Gasteiger partial charge in [-0.2, -0.15) is 17.5 Å². The van der Waals surface area contributed by atoms with Gasteiger partial charge in [0.25, 0.3) is 5.91 Å². The Morgan fingerprint density at radius 3 is 2.28 bits per heavy atom. The fourth-order valence-electron chi connectivity index (χ4n) is 2.37. The van der Waals surface area contributed by atoms with Gasteiger partial charge in [-0.1, -0.05) is 20.8 Å². The van der Waals surface area contributed by atoms with Gasteiger partial charge in [0, 0.05) is 24.5 Å². The molecule has 2 rings (SSSR count). The first-order chi connectivity index (χ1) is 11.3. The number of piperidine rings is 1. The molecule has 0 spiro atoms. The molecule has 1 saturated heterocycles. The van der Waals surface area contributed by atoms with Crippen LogP contribution in [0.3, 0.4) is 0 Å². The molecule has 1 amide bonds. The summed E-state index contributed by atoms with van der Waals surface area (Å²) in [5, 5.41) is 3.55. The predicted octanol–water partition coefficient (Wildman–Crippen LogP) is 2.48. The molecule has 1 aliphatic heterocycles. The van der Waals surface area contributed by atoms with Crippen LogP contribution < -0.4 is 5.32 Å². The van der Waals surface area contributed by atoms with Crippen LogP contribution in [-0.2, 0) is 15.4 Å². The van der Waals surface area contributed by atoms with Gasteiger partial charge in [-0.05, 0) is 12.8 Å². The lowest BCUT2D eigenvalue weighted by atomic mass is 9.98. The molecule has 0 radical (unpaired) electrons. The average Bonchev–Trinajstić information content (AvgIpc) is 2.96. The first-order valence-electron chi connectivity index (χ1n) is 7.66. The fraction of sp³-hybridized carbons (Fsp3) is 0.714. The standard InChI is InChI=1S/C14H20F3N3O3S2/c1-13(2,3)12-18-8-10(24-12)11(21)19-9-4-6-20(7-5-9)25(22,23)14(15,16)17/h8-9H,4-7H2,1-3H3,(H,19,21). The number of aromatic nitrogens is 1. The summed E-state index contributed by atoms with van der Waals surface area (Å²) in [6, 6.07) is -0.368. The van der Waals surface area contributed by atoms with Crippen molar-refractivity contribution in [1.82, 2.24) is 14.6 Å². The van der Waals surface area contributed by atoms with Crippen molar-refractivity contribution in [3.63, 3.8) is 0 Å². The minimum absolute atomic E-state index is 0.131. The fourth-order valence-corrected chi connectivity index (χ4v) is 4.23. The maximum atomic E-state index is 12.5. The van der Waals surface area contributed by atoms with E-state index in [1.54, 1.807) is 0 Å². The van der Waals surface area contributed by atoms with E-state index in [4.69, 9.17) is 0 Å². The minimum atomic E-state index is -5.30. The lowest BCUT2D eigenvalue weighted by Gasteiger charge is -2.31. The van der Waals surface area contributed by atoms with Crippen LogP contribution in [0.5, 0.6) is 0 Å². The first-order valence-corrected chi connectivity index (χ1v) is 9.91. The van der Waals surface area contributed by atoms with Crippen molar-refractivity contribution >= 4 is 27.3 Å². The van der Waals surface area contributed by atoms with Crippen LogP contribution in [0.1, 0.15) is 48.3 Å². The number of alkyl halides is 3. The summed E-state index contributed by atoms with van der Waals surface area (Å²) in [7, 11) is -5.30. The molecule has 1 aromatic heterocycles. The van der Waals surface area contributed by atoms with Crippen LogP contribution in [0.15, 0.2) is 6.20 Å². The normalized spacial score (nSPS) is 18.3. The second-order valence-corrected chi connectivity index (χ2v) is 9.84. The van der Waals surface area contributed by atoms with Gasteiger partial charge >= 0.3 is 15.5 Å². The average molecular weight is 399 g/mol. The van der Waals surface area contributed by atoms with Crippen LogP contribution in [0.25, 0.3) is 0 Å². The number of rotatable bonds is 3. The predicted molar refractivity (Wildman–Crippen MR) is 87.9 cm³/mol. The van der Waals surface area contributed by atoms with Crippen molar-refractivity contribution in [2.24, 2.45) is 0 Å². The van der Waals surface area contributed by atoms with Crippen molar-refractivity contribution in [2.45, 2.75) is 50.6 Å². The van der Waals surface area contributed by atoms with Gasteiger partial charge < -0.3 is 5.32 Å². The summed E-state index contributed by atoms with van der Waals surface area (Å²) in [4.78, 5) is 16.9. The molecular weight excluding hydrogens is 379 g/mol. The van der Waals surface area contributed by atoms with E-state index < -0.39 is 15.5 Å². The third kappa shape index (κ3) is 4.50. The summed E-state index contributed by atoms with van der Waals surface area (Å²) < 4.78 is 60.8. The molecule has 0 unspecified atom stereocenters. The molecular formula is C14H20F3N3O3S2. The number of nitrogens with one attached hydrogen (secondary N) is 1. The number of thiazole rings is 1. The highest BCUT2D eigenvalue weighted by atomic mass is 32.2. The van der Waals surface area contributed by atoms with E-state index in [0.29, 0.717) is 9.18 Å². The van der Waals surface area contributed by atoms with Gasteiger partial charge in [-0.25, -0.2) is 13.4 Å². The van der Waals surface area contributed by atoms with Crippen molar-refractivity contribution in [3.05, 3.63) is 16.1 Å². The van der Waals surface area contributed by atoms with E-state index in [-0.39, 0.29) is 43.3 Å². The molecule has 11 heteroatoms. The van der Waals surface area contributed by atoms with Gasteiger partial charge in [-0.15, -0.1) is 11.3 Å². The molecule has 0 aliphatic carbocycles. The summed E-state index contributed by atoms with van der Waals surface area (Å²) >= 11 is 1.27. The number of hydrogen-bond donors (Lipinski definition) is 1. The zero-order valence-electron chi connectivity index (χ0n) is 14.1. The molecule has 1 fully saturated rings. The molecule has 0 atom stereocenters. The Kier molecular flexibility index (Phi) is 5.50. The largest absolute Gasteiger partial charge is 0.511 e. The Morgan fingerprint density at radius 1 is 1.28 bits per heavy atom. The molecule has 2 heterocycles. The van der Waals surface area contributed by atoms with E-state index in [1.807, 2.05) is 20.8 Å². The number of amides is 1. The van der Waals surface area contributed by atoms with Gasteiger partial charge in [0.1, 0.15) is 4.88 Å². The van der Waals surface area contributed by atoms with Crippen LogP contribution in [-0.4, -0.2) is 48.3 Å². The Hall–Kier alpha value is -1.20. The van der Waals surface area contributed by atoms with E-state index in [1.165, 1.54) is 17.5 Å². The number of carbonyl (C=O) groups is 1. The minimum Gasteiger partial charge on any atom is -0.348 e. The van der Waals surface area contributed by atoms with Crippen LogP contribution >= 0.6 is 11.3 Å². The number of halogens is 3. The smallest absolute Gasteiger partial charge is 0.348 e. The number of carbonyl (C=O) groups excluding carboxylic acids is 1. The highest BCUT2D eigenvalue weighted by Gasteiger charge is 2.50.